The van der Waals surface area contributed by atoms with Crippen molar-refractivity contribution in [3.8, 4) is 0 Å². The van der Waals surface area contributed by atoms with Gasteiger partial charge < -0.3 is 10.6 Å². The molecule has 0 aliphatic heterocycles. The fourth-order valence-corrected chi connectivity index (χ4v) is 2.30. The van der Waals surface area contributed by atoms with Crippen LogP contribution in [0.1, 0.15) is 31.7 Å². The van der Waals surface area contributed by atoms with Crippen molar-refractivity contribution >= 4 is 40.6 Å². The van der Waals surface area contributed by atoms with Crippen molar-refractivity contribution in [1.82, 2.24) is 0 Å². The zero-order valence-corrected chi connectivity index (χ0v) is 14.0. The molecule has 22 heavy (non-hydrogen) atoms. The summed E-state index contributed by atoms with van der Waals surface area (Å²) in [5, 5.41) is 6.35. The van der Waals surface area contributed by atoms with Gasteiger partial charge in [-0.3, -0.25) is 0 Å². The average Bonchev–Trinajstić information content (AvgIpc) is 2.51. The summed E-state index contributed by atoms with van der Waals surface area (Å²) in [5.74, 6) is 0.513. The molecule has 0 saturated carbocycles. The number of anilines is 2. The van der Waals surface area contributed by atoms with Crippen LogP contribution in [0.15, 0.2) is 42.5 Å². The Hall–Kier alpha value is -1.71. The third-order valence-corrected chi connectivity index (χ3v) is 4.27. The SMILES string of the molecule is CC[C@H](C)c1ccc(NC(=O)Nc2ccc(Cl)c(Cl)c2)cc1. The van der Waals surface area contributed by atoms with Gasteiger partial charge in [0.05, 0.1) is 10.0 Å². The van der Waals surface area contributed by atoms with Crippen molar-refractivity contribution in [2.24, 2.45) is 0 Å². The van der Waals surface area contributed by atoms with Gasteiger partial charge in [-0.2, -0.15) is 0 Å². The molecule has 0 bridgehead atoms. The number of hydrogen-bond acceptors (Lipinski definition) is 1. The second-order valence-electron chi connectivity index (χ2n) is 5.14. The van der Waals surface area contributed by atoms with Crippen molar-refractivity contribution in [3.05, 3.63) is 58.1 Å². The maximum Gasteiger partial charge on any atom is 0.323 e. The molecule has 0 heterocycles. The van der Waals surface area contributed by atoms with E-state index in [2.05, 4.69) is 24.5 Å². The fourth-order valence-electron chi connectivity index (χ4n) is 2.00. The monoisotopic (exact) mass is 336 g/mol. The fraction of sp³-hybridized carbons (Fsp3) is 0.235. The number of carbonyl (C=O) groups is 1. The summed E-state index contributed by atoms with van der Waals surface area (Å²) >= 11 is 11.8. The Kier molecular flexibility index (Phi) is 5.69. The van der Waals surface area contributed by atoms with Gasteiger partial charge in [0.25, 0.3) is 0 Å². The van der Waals surface area contributed by atoms with Crippen LogP contribution in [0.5, 0.6) is 0 Å². The summed E-state index contributed by atoms with van der Waals surface area (Å²) in [4.78, 5) is 12.0. The van der Waals surface area contributed by atoms with Crippen LogP contribution in [-0.2, 0) is 0 Å². The van der Waals surface area contributed by atoms with Gasteiger partial charge in [0.15, 0.2) is 0 Å². The maximum atomic E-state index is 12.0. The van der Waals surface area contributed by atoms with Crippen molar-refractivity contribution in [2.75, 3.05) is 10.6 Å². The maximum absolute atomic E-state index is 12.0. The van der Waals surface area contributed by atoms with Crippen molar-refractivity contribution < 1.29 is 4.79 Å². The minimum Gasteiger partial charge on any atom is -0.308 e. The molecule has 0 fully saturated rings. The number of halogens is 2. The Bertz CT molecular complexity index is 656. The van der Waals surface area contributed by atoms with Crippen LogP contribution in [0.3, 0.4) is 0 Å². The van der Waals surface area contributed by atoms with Crippen LogP contribution >= 0.6 is 23.2 Å². The standard InChI is InChI=1S/C17H18Cl2N2O/c1-3-11(2)12-4-6-13(7-5-12)20-17(22)21-14-8-9-15(18)16(19)10-14/h4-11H,3H2,1-2H3,(H2,20,21,22)/t11-/m0/s1. The lowest BCUT2D eigenvalue weighted by Crippen LogP contribution is -2.19. The average molecular weight is 337 g/mol. The number of benzene rings is 2. The largest absolute Gasteiger partial charge is 0.323 e. The minimum absolute atomic E-state index is 0.324. The molecule has 0 aliphatic carbocycles. The molecule has 116 valence electrons. The van der Waals surface area contributed by atoms with E-state index in [1.165, 1.54) is 5.56 Å². The van der Waals surface area contributed by atoms with E-state index in [1.807, 2.05) is 24.3 Å². The Balaban J connectivity index is 1.98. The second-order valence-corrected chi connectivity index (χ2v) is 5.95. The summed E-state index contributed by atoms with van der Waals surface area (Å²) in [5.41, 5.74) is 2.59. The zero-order chi connectivity index (χ0) is 16.1. The van der Waals surface area contributed by atoms with Gasteiger partial charge in [0.2, 0.25) is 0 Å². The lowest BCUT2D eigenvalue weighted by molar-refractivity contribution is 0.262. The normalized spacial score (nSPS) is 11.8. The third kappa shape index (κ3) is 4.39. The zero-order valence-electron chi connectivity index (χ0n) is 12.5. The minimum atomic E-state index is -0.324. The van der Waals surface area contributed by atoms with Gasteiger partial charge in [0.1, 0.15) is 0 Å². The van der Waals surface area contributed by atoms with Gasteiger partial charge in [0, 0.05) is 11.4 Å². The topological polar surface area (TPSA) is 41.1 Å². The van der Waals surface area contributed by atoms with E-state index < -0.39 is 0 Å². The molecule has 0 unspecified atom stereocenters. The highest BCUT2D eigenvalue weighted by Crippen LogP contribution is 2.25. The summed E-state index contributed by atoms with van der Waals surface area (Å²) in [6, 6.07) is 12.5. The molecule has 5 heteroatoms. The quantitative estimate of drug-likeness (QED) is 0.690. The van der Waals surface area contributed by atoms with Crippen LogP contribution < -0.4 is 10.6 Å². The van der Waals surface area contributed by atoms with Gasteiger partial charge in [-0.1, -0.05) is 49.2 Å². The molecule has 0 saturated heterocycles. The number of hydrogen-bond donors (Lipinski definition) is 2. The van der Waals surface area contributed by atoms with E-state index in [4.69, 9.17) is 23.2 Å². The van der Waals surface area contributed by atoms with Gasteiger partial charge in [-0.25, -0.2) is 4.79 Å². The van der Waals surface area contributed by atoms with Gasteiger partial charge in [-0.05, 0) is 48.2 Å². The lowest BCUT2D eigenvalue weighted by Gasteiger charge is -2.11. The highest BCUT2D eigenvalue weighted by atomic mass is 35.5. The molecule has 2 aromatic rings. The molecular weight excluding hydrogens is 319 g/mol. The van der Waals surface area contributed by atoms with Gasteiger partial charge >= 0.3 is 6.03 Å². The molecule has 3 nitrogen and oxygen atoms in total. The number of nitrogens with one attached hydrogen (secondary N) is 2. The van der Waals surface area contributed by atoms with E-state index in [0.29, 0.717) is 21.7 Å². The van der Waals surface area contributed by atoms with E-state index in [1.54, 1.807) is 18.2 Å². The predicted molar refractivity (Wildman–Crippen MR) is 94.3 cm³/mol. The highest BCUT2D eigenvalue weighted by Gasteiger charge is 2.06. The number of carbonyl (C=O) groups excluding carboxylic acids is 1. The van der Waals surface area contributed by atoms with Crippen LogP contribution in [0.25, 0.3) is 0 Å². The first-order valence-corrected chi connectivity index (χ1v) is 7.88. The highest BCUT2D eigenvalue weighted by molar-refractivity contribution is 6.42. The smallest absolute Gasteiger partial charge is 0.308 e. The molecule has 2 rings (SSSR count). The molecule has 0 spiro atoms. The number of urea groups is 1. The Morgan fingerprint density at radius 2 is 1.59 bits per heavy atom. The third-order valence-electron chi connectivity index (χ3n) is 3.53. The van der Waals surface area contributed by atoms with Crippen LogP contribution in [0.2, 0.25) is 10.0 Å². The Labute approximate surface area is 140 Å². The molecule has 1 atom stereocenters. The molecular formula is C17H18Cl2N2O. The molecule has 2 amide bonds. The molecule has 0 radical (unpaired) electrons. The summed E-state index contributed by atoms with van der Waals surface area (Å²) in [6.45, 7) is 4.33. The second kappa shape index (κ2) is 7.52. The summed E-state index contributed by atoms with van der Waals surface area (Å²) in [7, 11) is 0. The van der Waals surface area contributed by atoms with Crippen molar-refractivity contribution in [1.29, 1.82) is 0 Å². The Morgan fingerprint density at radius 3 is 2.18 bits per heavy atom. The van der Waals surface area contributed by atoms with E-state index in [9.17, 15) is 4.79 Å². The summed E-state index contributed by atoms with van der Waals surface area (Å²) in [6.07, 6.45) is 1.09. The lowest BCUT2D eigenvalue weighted by atomic mass is 9.99. The molecule has 2 aromatic carbocycles. The van der Waals surface area contributed by atoms with E-state index >= 15 is 0 Å². The molecule has 2 N–H and O–H groups in total. The van der Waals surface area contributed by atoms with Crippen molar-refractivity contribution in [2.45, 2.75) is 26.2 Å². The predicted octanol–water partition coefficient (Wildman–Crippen LogP) is 6.15. The first kappa shape index (κ1) is 16.7. The van der Waals surface area contributed by atoms with E-state index in [-0.39, 0.29) is 6.03 Å². The van der Waals surface area contributed by atoms with Crippen LogP contribution in [-0.4, -0.2) is 6.03 Å². The molecule has 0 aliphatic rings. The van der Waals surface area contributed by atoms with Crippen molar-refractivity contribution in [3.63, 3.8) is 0 Å². The van der Waals surface area contributed by atoms with E-state index in [0.717, 1.165) is 12.1 Å². The Morgan fingerprint density at radius 1 is 1.00 bits per heavy atom. The number of amides is 2. The molecule has 0 aromatic heterocycles. The first-order chi connectivity index (χ1) is 10.5. The first-order valence-electron chi connectivity index (χ1n) is 7.12. The van der Waals surface area contributed by atoms with Gasteiger partial charge in [-0.15, -0.1) is 0 Å². The number of rotatable bonds is 4. The van der Waals surface area contributed by atoms with Crippen LogP contribution in [0.4, 0.5) is 16.2 Å². The van der Waals surface area contributed by atoms with Crippen LogP contribution in [0, 0.1) is 0 Å². The summed E-state index contributed by atoms with van der Waals surface area (Å²) < 4.78 is 0.